The molecule has 0 amide bonds. The van der Waals surface area contributed by atoms with Crippen LogP contribution in [-0.4, -0.2) is 25.3 Å². The Morgan fingerprint density at radius 2 is 1.57 bits per heavy atom. The van der Waals surface area contributed by atoms with Gasteiger partial charge >= 0.3 is 0 Å². The summed E-state index contributed by atoms with van der Waals surface area (Å²) in [5.74, 6) is 0.382. The molecule has 0 aliphatic carbocycles. The number of aryl methyl sites for hydroxylation is 2. The highest BCUT2D eigenvalue weighted by Crippen LogP contribution is 2.14. The third kappa shape index (κ3) is 4.34. The Morgan fingerprint density at radius 3 is 1.83 bits per heavy atom. The molecule has 0 fully saturated rings. The van der Waals surface area contributed by atoms with Crippen LogP contribution in [0.5, 0.6) is 0 Å². The molecule has 0 saturated carbocycles. The quantitative estimate of drug-likeness (QED) is 0.845. The fraction of sp³-hybridized carbons (Fsp3) is 0.562. The van der Waals surface area contributed by atoms with Crippen LogP contribution in [0.15, 0.2) is 15.7 Å². The van der Waals surface area contributed by atoms with Crippen molar-refractivity contribution in [3.63, 3.8) is 0 Å². The lowest BCUT2D eigenvalue weighted by molar-refractivity contribution is 0.101. The minimum Gasteiger partial charge on any atom is -0.300 e. The van der Waals surface area contributed by atoms with E-state index in [2.05, 4.69) is 10.2 Å². The van der Waals surface area contributed by atoms with Gasteiger partial charge in [0.2, 0.25) is 0 Å². The Kier molecular flexibility index (Phi) is 5.95. The number of ketones is 1. The maximum absolute atomic E-state index is 11.4. The van der Waals surface area contributed by atoms with Crippen molar-refractivity contribution < 1.29 is 4.79 Å². The molecule has 0 bridgehead atoms. The zero-order valence-corrected chi connectivity index (χ0v) is 14.9. The summed E-state index contributed by atoms with van der Waals surface area (Å²) in [5.41, 5.74) is 1.80. The highest BCUT2D eigenvalue weighted by atomic mass is 16.2. The summed E-state index contributed by atoms with van der Waals surface area (Å²) in [6.07, 6.45) is 0. The highest BCUT2D eigenvalue weighted by Gasteiger charge is 2.18. The molecule has 23 heavy (non-hydrogen) atoms. The predicted octanol–water partition coefficient (Wildman–Crippen LogP) is 1.88. The first kappa shape index (κ1) is 18.7. The van der Waals surface area contributed by atoms with Crippen molar-refractivity contribution in [2.45, 2.75) is 46.5 Å². The molecule has 0 atom stereocenters. The number of nitrogens with zero attached hydrogens (tertiary/aromatic N) is 2. The largest absolute Gasteiger partial charge is 0.300 e. The highest BCUT2D eigenvalue weighted by molar-refractivity contribution is 5.95. The molecular formula is C16H26N4O3. The van der Waals surface area contributed by atoms with Gasteiger partial charge in [-0.05, 0) is 18.8 Å². The molecule has 2 rings (SSSR count). The summed E-state index contributed by atoms with van der Waals surface area (Å²) in [7, 11) is 3.33. The molecule has 0 unspecified atom stereocenters. The monoisotopic (exact) mass is 322 g/mol. The van der Waals surface area contributed by atoms with E-state index in [9.17, 15) is 14.4 Å². The number of aromatic nitrogens is 4. The van der Waals surface area contributed by atoms with E-state index in [1.165, 1.54) is 16.3 Å². The van der Waals surface area contributed by atoms with Crippen molar-refractivity contribution >= 4 is 5.78 Å². The first-order valence-electron chi connectivity index (χ1n) is 7.62. The zero-order valence-electron chi connectivity index (χ0n) is 14.9. The average Bonchev–Trinajstić information content (AvgIpc) is 2.92. The molecule has 128 valence electrons. The van der Waals surface area contributed by atoms with E-state index in [0.717, 1.165) is 11.4 Å². The van der Waals surface area contributed by atoms with Crippen LogP contribution in [0.25, 0.3) is 0 Å². The topological polar surface area (TPSA) is 92.7 Å². The smallest absolute Gasteiger partial charge is 0.277 e. The Hall–Kier alpha value is -2.31. The van der Waals surface area contributed by atoms with E-state index in [1.807, 2.05) is 27.7 Å². The summed E-state index contributed by atoms with van der Waals surface area (Å²) in [5, 5.41) is 5.82. The first-order chi connectivity index (χ1) is 10.6. The standard InChI is InChI=1S/C9H14N2O2.C7H12N2O/c1-5(2)8-7(6(3)12)9(13)11(4)10-8;1-5(2)6-4-7(10)9(3)8-6/h5,10H,1-4H3;4-5,8H,1-3H3. The Labute approximate surface area is 135 Å². The lowest BCUT2D eigenvalue weighted by Crippen LogP contribution is -2.17. The molecule has 0 aliphatic rings. The summed E-state index contributed by atoms with van der Waals surface area (Å²) >= 11 is 0. The van der Waals surface area contributed by atoms with Crippen LogP contribution in [0.3, 0.4) is 0 Å². The van der Waals surface area contributed by atoms with E-state index < -0.39 is 0 Å². The lowest BCUT2D eigenvalue weighted by atomic mass is 10.0. The van der Waals surface area contributed by atoms with Gasteiger partial charge in [-0.3, -0.25) is 33.9 Å². The molecular weight excluding hydrogens is 296 g/mol. The molecule has 2 aromatic rings. The van der Waals surface area contributed by atoms with Gasteiger partial charge in [-0.25, -0.2) is 0 Å². The van der Waals surface area contributed by atoms with Gasteiger partial charge in [0.1, 0.15) is 5.56 Å². The van der Waals surface area contributed by atoms with Gasteiger partial charge in [-0.2, -0.15) is 0 Å². The molecule has 2 heterocycles. The maximum atomic E-state index is 11.4. The van der Waals surface area contributed by atoms with Crippen molar-refractivity contribution in [2.24, 2.45) is 14.1 Å². The number of hydrogen-bond acceptors (Lipinski definition) is 3. The molecule has 7 nitrogen and oxygen atoms in total. The van der Waals surface area contributed by atoms with Gasteiger partial charge in [0, 0.05) is 25.9 Å². The normalized spacial score (nSPS) is 10.8. The number of carbonyl (C=O) groups excluding carboxylic acids is 1. The SMILES string of the molecule is CC(=O)c1c(C(C)C)[nH]n(C)c1=O.CC(C)c1cc(=O)n(C)[nH]1. The summed E-state index contributed by atoms with van der Waals surface area (Å²) in [4.78, 5) is 33.5. The number of hydrogen-bond donors (Lipinski definition) is 2. The molecule has 0 radical (unpaired) electrons. The lowest BCUT2D eigenvalue weighted by Gasteiger charge is -2.01. The second kappa shape index (κ2) is 7.30. The summed E-state index contributed by atoms with van der Waals surface area (Å²) in [6, 6.07) is 1.63. The number of nitrogens with one attached hydrogen (secondary N) is 2. The zero-order chi connectivity index (χ0) is 17.9. The van der Waals surface area contributed by atoms with Crippen molar-refractivity contribution in [1.82, 2.24) is 19.6 Å². The van der Waals surface area contributed by atoms with Gasteiger partial charge in [-0.15, -0.1) is 0 Å². The number of H-pyrrole nitrogens is 2. The van der Waals surface area contributed by atoms with Crippen molar-refractivity contribution in [2.75, 3.05) is 0 Å². The van der Waals surface area contributed by atoms with Crippen LogP contribution >= 0.6 is 0 Å². The molecule has 0 aliphatic heterocycles. The second-order valence-electron chi connectivity index (χ2n) is 6.24. The van der Waals surface area contributed by atoms with Crippen molar-refractivity contribution in [1.29, 1.82) is 0 Å². The number of rotatable bonds is 3. The van der Waals surface area contributed by atoms with Crippen molar-refractivity contribution in [3.05, 3.63) is 43.7 Å². The van der Waals surface area contributed by atoms with Crippen LogP contribution in [-0.2, 0) is 14.1 Å². The fourth-order valence-corrected chi connectivity index (χ4v) is 2.13. The number of carbonyl (C=O) groups is 1. The van der Waals surface area contributed by atoms with Crippen molar-refractivity contribution in [3.8, 4) is 0 Å². The summed E-state index contributed by atoms with van der Waals surface area (Å²) in [6.45, 7) is 9.39. The molecule has 7 heteroatoms. The van der Waals surface area contributed by atoms with E-state index in [1.54, 1.807) is 20.2 Å². The third-order valence-corrected chi connectivity index (χ3v) is 3.53. The second-order valence-corrected chi connectivity index (χ2v) is 6.24. The van der Waals surface area contributed by atoms with Crippen LogP contribution in [0.1, 0.15) is 68.2 Å². The molecule has 2 N–H and O–H groups in total. The average molecular weight is 322 g/mol. The van der Waals surface area contributed by atoms with E-state index in [-0.39, 0.29) is 28.4 Å². The first-order valence-corrected chi connectivity index (χ1v) is 7.62. The fourth-order valence-electron chi connectivity index (χ4n) is 2.13. The Bertz CT molecular complexity index is 787. The van der Waals surface area contributed by atoms with Crippen LogP contribution in [0.4, 0.5) is 0 Å². The minimum atomic E-state index is -0.240. The molecule has 0 saturated heterocycles. The van der Waals surface area contributed by atoms with Crippen LogP contribution in [0, 0.1) is 0 Å². The number of Topliss-reactive ketones (excluding diaryl/α,β-unsaturated/α-hetero) is 1. The van der Waals surface area contributed by atoms with Crippen LogP contribution < -0.4 is 11.1 Å². The van der Waals surface area contributed by atoms with Gasteiger partial charge < -0.3 is 0 Å². The molecule has 0 aromatic carbocycles. The van der Waals surface area contributed by atoms with Gasteiger partial charge in [0.15, 0.2) is 5.78 Å². The van der Waals surface area contributed by atoms with Gasteiger partial charge in [0.25, 0.3) is 11.1 Å². The van der Waals surface area contributed by atoms with Gasteiger partial charge in [0.05, 0.1) is 5.69 Å². The number of aromatic amines is 2. The summed E-state index contributed by atoms with van der Waals surface area (Å²) < 4.78 is 2.82. The predicted molar refractivity (Wildman–Crippen MR) is 90.2 cm³/mol. The van der Waals surface area contributed by atoms with Crippen LogP contribution in [0.2, 0.25) is 0 Å². The Balaban J connectivity index is 0.000000238. The van der Waals surface area contributed by atoms with E-state index in [4.69, 9.17) is 0 Å². The molecule has 2 aromatic heterocycles. The van der Waals surface area contributed by atoms with Gasteiger partial charge in [-0.1, -0.05) is 27.7 Å². The minimum absolute atomic E-state index is 0.0312. The van der Waals surface area contributed by atoms with E-state index in [0.29, 0.717) is 5.92 Å². The van der Waals surface area contributed by atoms with E-state index >= 15 is 0 Å². The Morgan fingerprint density at radius 1 is 1.00 bits per heavy atom. The third-order valence-electron chi connectivity index (χ3n) is 3.53. The molecule has 0 spiro atoms. The maximum Gasteiger partial charge on any atom is 0.277 e.